The maximum atomic E-state index is 13.8. The van der Waals surface area contributed by atoms with E-state index >= 15 is 0 Å². The van der Waals surface area contributed by atoms with E-state index in [9.17, 15) is 4.39 Å². The Morgan fingerprint density at radius 3 is 2.71 bits per heavy atom. The smallest absolute Gasteiger partial charge is 0.205 e. The lowest BCUT2D eigenvalue weighted by atomic mass is 9.90. The minimum atomic E-state index is -0.903. The number of rotatable bonds is 3. The number of anilines is 1. The molecule has 0 radical (unpaired) electrons. The molecule has 0 bridgehead atoms. The summed E-state index contributed by atoms with van der Waals surface area (Å²) >= 11 is 1.37. The lowest BCUT2D eigenvalue weighted by Crippen LogP contribution is -2.50. The Kier molecular flexibility index (Phi) is 3.00. The highest BCUT2D eigenvalue weighted by Crippen LogP contribution is 2.35. The standard InChI is InChI=1S/C11H16FN3OS/c1-7-13-11(17-14-7)15(8-3-2-4-8)10-6-16-5-9(10)12/h8-10H,2-6H2,1H3. The molecule has 1 aliphatic carbocycles. The number of hydrogen-bond acceptors (Lipinski definition) is 5. The van der Waals surface area contributed by atoms with Gasteiger partial charge in [-0.1, -0.05) is 0 Å². The summed E-state index contributed by atoms with van der Waals surface area (Å²) in [6.45, 7) is 2.55. The predicted octanol–water partition coefficient (Wildman–Crippen LogP) is 1.94. The Hall–Kier alpha value is -0.750. The number of hydrogen-bond donors (Lipinski definition) is 0. The zero-order valence-electron chi connectivity index (χ0n) is 9.80. The fraction of sp³-hybridized carbons (Fsp3) is 0.818. The van der Waals surface area contributed by atoms with E-state index in [1.54, 1.807) is 0 Å². The third kappa shape index (κ3) is 2.04. The molecule has 1 saturated heterocycles. The van der Waals surface area contributed by atoms with Gasteiger partial charge in [-0.05, 0) is 26.2 Å². The van der Waals surface area contributed by atoms with Crippen LogP contribution in [0.4, 0.5) is 9.52 Å². The first-order chi connectivity index (χ1) is 8.25. The summed E-state index contributed by atoms with van der Waals surface area (Å²) in [4.78, 5) is 6.52. The van der Waals surface area contributed by atoms with Crippen molar-refractivity contribution in [1.82, 2.24) is 9.36 Å². The second kappa shape index (κ2) is 4.49. The number of halogens is 1. The SMILES string of the molecule is Cc1nsc(N(C2CCC2)C2COCC2F)n1. The summed E-state index contributed by atoms with van der Waals surface area (Å²) in [6, 6.07) is 0.250. The van der Waals surface area contributed by atoms with Gasteiger partial charge in [0.15, 0.2) is 0 Å². The number of alkyl halides is 1. The van der Waals surface area contributed by atoms with Crippen molar-refractivity contribution in [3.8, 4) is 0 Å². The number of aryl methyl sites for hydroxylation is 1. The van der Waals surface area contributed by atoms with Gasteiger partial charge in [0.2, 0.25) is 5.13 Å². The van der Waals surface area contributed by atoms with Crippen molar-refractivity contribution in [3.63, 3.8) is 0 Å². The van der Waals surface area contributed by atoms with Crippen LogP contribution in [0.2, 0.25) is 0 Å². The summed E-state index contributed by atoms with van der Waals surface area (Å²) < 4.78 is 23.3. The second-order valence-corrected chi connectivity index (χ2v) is 5.47. The molecular formula is C11H16FN3OS. The number of nitrogens with zero attached hydrogens (tertiary/aromatic N) is 3. The summed E-state index contributed by atoms with van der Waals surface area (Å²) in [5.74, 6) is 0.767. The Labute approximate surface area is 104 Å². The van der Waals surface area contributed by atoms with E-state index in [0.29, 0.717) is 12.6 Å². The van der Waals surface area contributed by atoms with Crippen LogP contribution in [0.1, 0.15) is 25.1 Å². The van der Waals surface area contributed by atoms with E-state index in [0.717, 1.165) is 23.8 Å². The van der Waals surface area contributed by atoms with Gasteiger partial charge in [-0.15, -0.1) is 0 Å². The molecule has 0 N–H and O–H groups in total. The highest BCUT2D eigenvalue weighted by molar-refractivity contribution is 7.09. The monoisotopic (exact) mass is 257 g/mol. The minimum absolute atomic E-state index is 0.173. The molecule has 1 aliphatic heterocycles. The maximum Gasteiger partial charge on any atom is 0.205 e. The lowest BCUT2D eigenvalue weighted by molar-refractivity contribution is 0.172. The highest BCUT2D eigenvalue weighted by Gasteiger charge is 2.40. The molecule has 1 saturated carbocycles. The van der Waals surface area contributed by atoms with E-state index in [1.807, 2.05) is 6.92 Å². The highest BCUT2D eigenvalue weighted by atomic mass is 32.1. The maximum absolute atomic E-state index is 13.8. The third-order valence-electron chi connectivity index (χ3n) is 3.55. The molecule has 1 aromatic rings. The van der Waals surface area contributed by atoms with Crippen LogP contribution in [-0.4, -0.2) is 40.8 Å². The molecule has 0 aromatic carbocycles. The van der Waals surface area contributed by atoms with Crippen molar-refractivity contribution in [2.45, 2.75) is 44.4 Å². The van der Waals surface area contributed by atoms with Crippen molar-refractivity contribution in [1.29, 1.82) is 0 Å². The Morgan fingerprint density at radius 1 is 1.41 bits per heavy atom. The molecule has 1 aromatic heterocycles. The van der Waals surface area contributed by atoms with Gasteiger partial charge in [0, 0.05) is 17.6 Å². The summed E-state index contributed by atoms with van der Waals surface area (Å²) in [5, 5.41) is 0.852. The van der Waals surface area contributed by atoms with Gasteiger partial charge in [-0.3, -0.25) is 0 Å². The first kappa shape index (κ1) is 11.3. The second-order valence-electron chi connectivity index (χ2n) is 4.74. The Bertz CT molecular complexity index is 396. The van der Waals surface area contributed by atoms with Gasteiger partial charge in [0.1, 0.15) is 12.0 Å². The molecule has 2 unspecified atom stereocenters. The number of ether oxygens (including phenoxy) is 1. The molecule has 4 nitrogen and oxygen atoms in total. The largest absolute Gasteiger partial charge is 0.376 e. The normalized spacial score (nSPS) is 29.3. The van der Waals surface area contributed by atoms with Crippen LogP contribution < -0.4 is 4.90 Å². The van der Waals surface area contributed by atoms with Crippen molar-refractivity contribution >= 4 is 16.7 Å². The van der Waals surface area contributed by atoms with Crippen molar-refractivity contribution in [2.75, 3.05) is 18.1 Å². The third-order valence-corrected chi connectivity index (χ3v) is 4.37. The zero-order valence-corrected chi connectivity index (χ0v) is 10.6. The average molecular weight is 257 g/mol. The number of aromatic nitrogens is 2. The molecule has 6 heteroatoms. The first-order valence-corrected chi connectivity index (χ1v) is 6.83. The summed E-state index contributed by atoms with van der Waals surface area (Å²) in [6.07, 6.45) is 2.58. The molecule has 2 heterocycles. The molecule has 94 valence electrons. The molecule has 0 spiro atoms. The van der Waals surface area contributed by atoms with Crippen molar-refractivity contribution < 1.29 is 9.13 Å². The molecule has 2 fully saturated rings. The van der Waals surface area contributed by atoms with E-state index < -0.39 is 6.17 Å². The van der Waals surface area contributed by atoms with E-state index in [1.165, 1.54) is 18.0 Å². The van der Waals surface area contributed by atoms with Gasteiger partial charge in [0.25, 0.3) is 0 Å². The van der Waals surface area contributed by atoms with E-state index in [4.69, 9.17) is 4.74 Å². The van der Waals surface area contributed by atoms with Gasteiger partial charge >= 0.3 is 0 Å². The molecule has 3 rings (SSSR count). The Morgan fingerprint density at radius 2 is 2.24 bits per heavy atom. The van der Waals surface area contributed by atoms with Gasteiger partial charge in [0.05, 0.1) is 19.3 Å². The molecule has 2 atom stereocenters. The molecule has 0 amide bonds. The van der Waals surface area contributed by atoms with Gasteiger partial charge in [-0.2, -0.15) is 4.37 Å². The summed E-state index contributed by atoms with van der Waals surface area (Å²) in [5.41, 5.74) is 0. The first-order valence-electron chi connectivity index (χ1n) is 6.06. The summed E-state index contributed by atoms with van der Waals surface area (Å²) in [7, 11) is 0. The minimum Gasteiger partial charge on any atom is -0.376 e. The van der Waals surface area contributed by atoms with Crippen LogP contribution in [0, 0.1) is 6.92 Å². The fourth-order valence-electron chi connectivity index (χ4n) is 2.40. The molecule has 17 heavy (non-hydrogen) atoms. The fourth-order valence-corrected chi connectivity index (χ4v) is 3.20. The predicted molar refractivity (Wildman–Crippen MR) is 64.3 cm³/mol. The van der Waals surface area contributed by atoms with Crippen molar-refractivity contribution in [3.05, 3.63) is 5.82 Å². The lowest BCUT2D eigenvalue weighted by Gasteiger charge is -2.41. The van der Waals surface area contributed by atoms with Crippen LogP contribution in [0.3, 0.4) is 0 Å². The molecule has 2 aliphatic rings. The van der Waals surface area contributed by atoms with Gasteiger partial charge < -0.3 is 9.64 Å². The quantitative estimate of drug-likeness (QED) is 0.829. The van der Waals surface area contributed by atoms with Crippen LogP contribution in [0.5, 0.6) is 0 Å². The Balaban J connectivity index is 1.85. The zero-order chi connectivity index (χ0) is 11.8. The van der Waals surface area contributed by atoms with Crippen LogP contribution in [0.15, 0.2) is 0 Å². The van der Waals surface area contributed by atoms with Crippen LogP contribution in [-0.2, 0) is 4.74 Å². The van der Waals surface area contributed by atoms with Crippen LogP contribution >= 0.6 is 11.5 Å². The van der Waals surface area contributed by atoms with Gasteiger partial charge in [-0.25, -0.2) is 9.37 Å². The molecular weight excluding hydrogens is 241 g/mol. The van der Waals surface area contributed by atoms with Crippen LogP contribution in [0.25, 0.3) is 0 Å². The van der Waals surface area contributed by atoms with E-state index in [2.05, 4.69) is 14.3 Å². The van der Waals surface area contributed by atoms with E-state index in [-0.39, 0.29) is 12.6 Å². The topological polar surface area (TPSA) is 38.2 Å². The van der Waals surface area contributed by atoms with Crippen molar-refractivity contribution in [2.24, 2.45) is 0 Å². The average Bonchev–Trinajstić information content (AvgIpc) is 2.81.